The van der Waals surface area contributed by atoms with Gasteiger partial charge >= 0.3 is 19.8 Å². The molecule has 0 saturated carbocycles. The zero-order valence-corrected chi connectivity index (χ0v) is 35.0. The molecule has 0 radical (unpaired) electrons. The summed E-state index contributed by atoms with van der Waals surface area (Å²) in [6.45, 7) is 1.54. The second-order valence-corrected chi connectivity index (χ2v) is 16.9. The Labute approximate surface area is 349 Å². The monoisotopic (exact) mass is 856 g/mol. The Morgan fingerprint density at radius 1 is 1.00 bits per heavy atom. The SMILES string of the molecule is C#C[C@]1(CO[P@](=O)(N[C@@H](Cc2cc(F)cc(F)c2)C(=O)OCCCCCCCCCCCCCCCC)Oc2ccccc2)O[C@@H](n2cnc3c(N)nc(F)nc32)C[C@@H]1O. The molecule has 326 valence electrons. The summed E-state index contributed by atoms with van der Waals surface area (Å²) in [6.07, 6.45) is 19.3. The predicted molar refractivity (Wildman–Crippen MR) is 221 cm³/mol. The van der Waals surface area contributed by atoms with Crippen LogP contribution in [0, 0.1) is 30.1 Å². The lowest BCUT2D eigenvalue weighted by molar-refractivity contribution is -0.146. The third-order valence-electron chi connectivity index (χ3n) is 10.4. The maximum absolute atomic E-state index is 14.7. The molecule has 17 heteroatoms. The lowest BCUT2D eigenvalue weighted by Crippen LogP contribution is -2.44. The molecule has 4 aromatic rings. The number of rotatable bonds is 26. The second kappa shape index (κ2) is 22.9. The number of hydrogen-bond donors (Lipinski definition) is 3. The Morgan fingerprint density at radius 2 is 1.62 bits per heavy atom. The first-order valence-electron chi connectivity index (χ1n) is 20.8. The van der Waals surface area contributed by atoms with Crippen LogP contribution in [-0.4, -0.2) is 61.6 Å². The van der Waals surface area contributed by atoms with E-state index in [2.05, 4.69) is 32.9 Å². The van der Waals surface area contributed by atoms with Crippen molar-refractivity contribution >= 4 is 30.7 Å². The number of hydrogen-bond acceptors (Lipinski definition) is 11. The Morgan fingerprint density at radius 3 is 2.23 bits per heavy atom. The molecule has 0 spiro atoms. The van der Waals surface area contributed by atoms with Gasteiger partial charge in [0.25, 0.3) is 0 Å². The van der Waals surface area contributed by atoms with E-state index in [0.717, 1.165) is 37.8 Å². The van der Waals surface area contributed by atoms with E-state index in [4.69, 9.17) is 30.7 Å². The average molecular weight is 857 g/mol. The van der Waals surface area contributed by atoms with Crippen molar-refractivity contribution in [2.24, 2.45) is 0 Å². The van der Waals surface area contributed by atoms with Gasteiger partial charge in [0.05, 0.1) is 12.9 Å². The van der Waals surface area contributed by atoms with Crippen LogP contribution < -0.4 is 15.3 Å². The van der Waals surface area contributed by atoms with Gasteiger partial charge in [-0.05, 0) is 42.7 Å². The van der Waals surface area contributed by atoms with E-state index in [9.17, 15) is 27.6 Å². The summed E-state index contributed by atoms with van der Waals surface area (Å²) >= 11 is 0. The number of carbonyl (C=O) groups is 1. The van der Waals surface area contributed by atoms with Crippen LogP contribution >= 0.6 is 7.75 Å². The van der Waals surface area contributed by atoms with E-state index in [-0.39, 0.29) is 47.7 Å². The number of terminal acetylenes is 1. The first-order chi connectivity index (χ1) is 28.9. The number of benzene rings is 2. The number of esters is 1. The minimum atomic E-state index is -4.68. The van der Waals surface area contributed by atoms with E-state index in [1.165, 1.54) is 80.8 Å². The van der Waals surface area contributed by atoms with E-state index >= 15 is 0 Å². The Hall–Kier alpha value is -4.52. The molecule has 3 heterocycles. The topological polar surface area (TPSA) is 173 Å². The zero-order chi connectivity index (χ0) is 43.0. The van der Waals surface area contributed by atoms with E-state index < -0.39 is 62.0 Å². The third-order valence-corrected chi connectivity index (χ3v) is 12.0. The number of halogens is 3. The van der Waals surface area contributed by atoms with Gasteiger partial charge in [0.2, 0.25) is 0 Å². The van der Waals surface area contributed by atoms with Crippen molar-refractivity contribution in [2.75, 3.05) is 18.9 Å². The van der Waals surface area contributed by atoms with Crippen LogP contribution in [0.25, 0.3) is 11.2 Å². The Balaban J connectivity index is 1.23. The van der Waals surface area contributed by atoms with E-state index in [0.29, 0.717) is 12.5 Å². The molecular weight excluding hydrogens is 800 g/mol. The highest BCUT2D eigenvalue weighted by molar-refractivity contribution is 7.52. The van der Waals surface area contributed by atoms with Gasteiger partial charge in [-0.2, -0.15) is 19.4 Å². The molecular formula is C43H56F3N6O7P. The molecule has 0 amide bonds. The number of anilines is 1. The second-order valence-electron chi connectivity index (χ2n) is 15.2. The summed E-state index contributed by atoms with van der Waals surface area (Å²) in [5, 5.41) is 13.9. The van der Waals surface area contributed by atoms with Crippen LogP contribution in [0.1, 0.15) is 115 Å². The summed E-state index contributed by atoms with van der Waals surface area (Å²) in [5.74, 6) is -0.363. The summed E-state index contributed by atoms with van der Waals surface area (Å²) in [6, 6.07) is 9.20. The van der Waals surface area contributed by atoms with Crippen molar-refractivity contribution in [1.29, 1.82) is 0 Å². The molecule has 60 heavy (non-hydrogen) atoms. The lowest BCUT2D eigenvalue weighted by Gasteiger charge is -2.30. The number of fused-ring (bicyclic) bond motifs is 1. The van der Waals surface area contributed by atoms with Crippen LogP contribution in [-0.2, 0) is 29.8 Å². The molecule has 1 saturated heterocycles. The standard InChI is InChI=1S/C43H56F3N6O7P/c1-3-5-6-7-8-9-10-11-12-13-14-15-16-20-23-56-41(54)35(26-31-24-32(44)27-33(45)25-31)51-60(55,59-34-21-18-17-19-22-34)57-29-43(4-2)36(53)28-37(58-43)52-30-48-38-39(47)49-42(46)50-40(38)52/h2,17-19,21-22,24-25,27,30,35-37,53H,3,5-16,20,23,26,28-29H2,1H3,(H,51,55)(H2,47,49,50)/t35-,36-,37+,43+,60+/m0/s1. The van der Waals surface area contributed by atoms with Crippen molar-refractivity contribution in [3.8, 4) is 18.1 Å². The van der Waals surface area contributed by atoms with Gasteiger partial charge in [-0.25, -0.2) is 18.3 Å². The fourth-order valence-electron chi connectivity index (χ4n) is 7.14. The number of nitrogens with two attached hydrogens (primary N) is 1. The minimum absolute atomic E-state index is 0.0186. The summed E-state index contributed by atoms with van der Waals surface area (Å²) in [7, 11) is -4.68. The van der Waals surface area contributed by atoms with E-state index in [1.54, 1.807) is 18.2 Å². The molecule has 1 aliphatic heterocycles. The van der Waals surface area contributed by atoms with Gasteiger partial charge in [-0.1, -0.05) is 115 Å². The number of aromatic nitrogens is 4. The highest BCUT2D eigenvalue weighted by Crippen LogP contribution is 2.48. The highest BCUT2D eigenvalue weighted by Gasteiger charge is 2.50. The first-order valence-corrected chi connectivity index (χ1v) is 22.4. The van der Waals surface area contributed by atoms with Gasteiger partial charge in [0.15, 0.2) is 22.6 Å². The van der Waals surface area contributed by atoms with Crippen LogP contribution in [0.4, 0.5) is 19.0 Å². The number of para-hydroxylation sites is 1. The minimum Gasteiger partial charge on any atom is -0.465 e. The average Bonchev–Trinajstić information content (AvgIpc) is 3.79. The number of nitrogen functional groups attached to an aromatic ring is 1. The molecule has 2 aromatic carbocycles. The fourth-order valence-corrected chi connectivity index (χ4v) is 8.66. The smallest absolute Gasteiger partial charge is 0.459 e. The van der Waals surface area contributed by atoms with E-state index in [1.807, 2.05) is 0 Å². The zero-order valence-electron chi connectivity index (χ0n) is 34.1. The summed E-state index contributed by atoms with van der Waals surface area (Å²) in [5.41, 5.74) is 4.00. The third kappa shape index (κ3) is 13.5. The number of ether oxygens (including phenoxy) is 2. The fraction of sp³-hybridized carbons (Fsp3) is 0.535. The molecule has 0 aliphatic carbocycles. The maximum atomic E-state index is 14.7. The van der Waals surface area contributed by atoms with Crippen LogP contribution in [0.2, 0.25) is 0 Å². The van der Waals surface area contributed by atoms with Gasteiger partial charge in [-0.3, -0.25) is 13.9 Å². The molecule has 0 bridgehead atoms. The number of aliphatic hydroxyl groups is 1. The molecule has 13 nitrogen and oxygen atoms in total. The molecule has 1 fully saturated rings. The number of nitrogens with one attached hydrogen (secondary N) is 1. The highest BCUT2D eigenvalue weighted by atomic mass is 31.2. The number of nitrogens with zero attached hydrogens (tertiary/aromatic N) is 4. The molecule has 5 atom stereocenters. The summed E-state index contributed by atoms with van der Waals surface area (Å²) in [4.78, 5) is 25.0. The van der Waals surface area contributed by atoms with Gasteiger partial charge < -0.3 is 24.8 Å². The Kier molecular flexibility index (Phi) is 17.8. The van der Waals surface area contributed by atoms with Gasteiger partial charge in [0.1, 0.15) is 42.4 Å². The largest absolute Gasteiger partial charge is 0.465 e. The van der Waals surface area contributed by atoms with Gasteiger partial charge in [-0.15, -0.1) is 6.42 Å². The van der Waals surface area contributed by atoms with Crippen molar-refractivity contribution < 1.29 is 46.2 Å². The number of carbonyl (C=O) groups excluding carboxylic acids is 1. The number of imidazole rings is 1. The predicted octanol–water partition coefficient (Wildman–Crippen LogP) is 8.91. The van der Waals surface area contributed by atoms with Crippen molar-refractivity contribution in [2.45, 2.75) is 134 Å². The van der Waals surface area contributed by atoms with Crippen molar-refractivity contribution in [3.05, 3.63) is 78.1 Å². The maximum Gasteiger partial charge on any atom is 0.459 e. The molecule has 4 N–H and O–H groups in total. The van der Waals surface area contributed by atoms with Crippen LogP contribution in [0.3, 0.4) is 0 Å². The number of unbranched alkanes of at least 4 members (excludes halogenated alkanes) is 13. The van der Waals surface area contributed by atoms with Crippen LogP contribution in [0.15, 0.2) is 54.9 Å². The first kappa shape index (κ1) is 46.5. The van der Waals surface area contributed by atoms with Gasteiger partial charge in [0, 0.05) is 12.5 Å². The van der Waals surface area contributed by atoms with Crippen molar-refractivity contribution in [3.63, 3.8) is 0 Å². The molecule has 0 unspecified atom stereocenters. The van der Waals surface area contributed by atoms with Crippen LogP contribution in [0.5, 0.6) is 5.75 Å². The number of aliphatic hydroxyl groups excluding tert-OH is 1. The molecule has 5 rings (SSSR count). The van der Waals surface area contributed by atoms with Crippen molar-refractivity contribution in [1.82, 2.24) is 24.6 Å². The summed E-state index contributed by atoms with van der Waals surface area (Å²) < 4.78 is 82.2. The normalized spacial score (nSPS) is 19.2. The molecule has 1 aliphatic rings. The molecule has 2 aromatic heterocycles. The lowest BCUT2D eigenvalue weighted by atomic mass is 9.99. The Bertz CT molecular complexity index is 2050. The quantitative estimate of drug-likeness (QED) is 0.0180.